The Morgan fingerprint density at radius 3 is 2.20 bits per heavy atom. The van der Waals surface area contributed by atoms with Gasteiger partial charge in [0.25, 0.3) is 0 Å². The monoisotopic (exact) mass is 268 g/mol. The predicted octanol–water partition coefficient (Wildman–Crippen LogP) is 3.64. The Labute approximate surface area is 118 Å². The van der Waals surface area contributed by atoms with Crippen molar-refractivity contribution in [2.24, 2.45) is 0 Å². The van der Waals surface area contributed by atoms with Crippen LogP contribution in [0.1, 0.15) is 15.9 Å². The van der Waals surface area contributed by atoms with Gasteiger partial charge in [0.15, 0.2) is 0 Å². The van der Waals surface area contributed by atoms with Crippen LogP contribution in [0.2, 0.25) is 0 Å². The Kier molecular flexibility index (Phi) is 4.56. The van der Waals surface area contributed by atoms with Crippen LogP contribution in [-0.4, -0.2) is 13.1 Å². The average molecular weight is 268 g/mol. The van der Waals surface area contributed by atoms with Gasteiger partial charge in [-0.3, -0.25) is 0 Å². The van der Waals surface area contributed by atoms with Crippen molar-refractivity contribution in [3.8, 4) is 11.5 Å². The Bertz CT molecular complexity index is 583. The van der Waals surface area contributed by atoms with Crippen molar-refractivity contribution in [2.45, 2.75) is 6.42 Å². The highest BCUT2D eigenvalue weighted by Gasteiger charge is 2.08. The smallest absolute Gasteiger partial charge is 0.343 e. The van der Waals surface area contributed by atoms with E-state index in [0.717, 1.165) is 17.7 Å². The lowest BCUT2D eigenvalue weighted by Crippen LogP contribution is -2.08. The summed E-state index contributed by atoms with van der Waals surface area (Å²) in [7, 11) is 1.59. The fourth-order valence-corrected chi connectivity index (χ4v) is 1.75. The molecule has 0 aliphatic heterocycles. The van der Waals surface area contributed by atoms with E-state index in [1.807, 2.05) is 18.2 Å². The van der Waals surface area contributed by atoms with Crippen LogP contribution in [0.15, 0.2) is 61.2 Å². The molecule has 3 nitrogen and oxygen atoms in total. The number of ether oxygens (including phenoxy) is 2. The van der Waals surface area contributed by atoms with Crippen molar-refractivity contribution in [1.29, 1.82) is 0 Å². The third-order valence-electron chi connectivity index (χ3n) is 2.84. The SMILES string of the molecule is C=CCc1ccc(C(=O)Oc2ccc(OC)cc2)cc1. The van der Waals surface area contributed by atoms with E-state index in [2.05, 4.69) is 6.58 Å². The van der Waals surface area contributed by atoms with E-state index in [1.165, 1.54) is 0 Å². The third kappa shape index (κ3) is 3.48. The van der Waals surface area contributed by atoms with Crippen molar-refractivity contribution in [2.75, 3.05) is 7.11 Å². The van der Waals surface area contributed by atoms with Gasteiger partial charge in [-0.25, -0.2) is 4.79 Å². The zero-order valence-electron chi connectivity index (χ0n) is 11.3. The molecule has 102 valence electrons. The van der Waals surface area contributed by atoms with Crippen LogP contribution >= 0.6 is 0 Å². The Morgan fingerprint density at radius 2 is 1.65 bits per heavy atom. The van der Waals surface area contributed by atoms with Crippen LogP contribution < -0.4 is 9.47 Å². The molecule has 0 amide bonds. The molecule has 0 saturated carbocycles. The molecular weight excluding hydrogens is 252 g/mol. The maximum atomic E-state index is 12.0. The van der Waals surface area contributed by atoms with E-state index in [-0.39, 0.29) is 5.97 Å². The van der Waals surface area contributed by atoms with Gasteiger partial charge >= 0.3 is 5.97 Å². The molecule has 0 aliphatic rings. The largest absolute Gasteiger partial charge is 0.497 e. The summed E-state index contributed by atoms with van der Waals surface area (Å²) in [6, 6.07) is 14.2. The van der Waals surface area contributed by atoms with E-state index < -0.39 is 0 Å². The summed E-state index contributed by atoms with van der Waals surface area (Å²) in [5, 5.41) is 0. The molecule has 2 aromatic carbocycles. The number of methoxy groups -OCH3 is 1. The second-order valence-corrected chi connectivity index (χ2v) is 4.25. The molecular formula is C17H16O3. The van der Waals surface area contributed by atoms with Crippen molar-refractivity contribution < 1.29 is 14.3 Å². The molecule has 0 aliphatic carbocycles. The minimum atomic E-state index is -0.375. The number of hydrogen-bond acceptors (Lipinski definition) is 3. The molecule has 0 unspecified atom stereocenters. The third-order valence-corrected chi connectivity index (χ3v) is 2.84. The van der Waals surface area contributed by atoms with Crippen LogP contribution in [0.4, 0.5) is 0 Å². The normalized spacial score (nSPS) is 9.85. The van der Waals surface area contributed by atoms with Gasteiger partial charge in [0, 0.05) is 0 Å². The lowest BCUT2D eigenvalue weighted by atomic mass is 10.1. The van der Waals surface area contributed by atoms with Crippen LogP contribution in [0, 0.1) is 0 Å². The zero-order valence-corrected chi connectivity index (χ0v) is 11.3. The van der Waals surface area contributed by atoms with E-state index in [1.54, 1.807) is 43.5 Å². The standard InChI is InChI=1S/C17H16O3/c1-3-4-13-5-7-14(8-6-13)17(18)20-16-11-9-15(19-2)10-12-16/h3,5-12H,1,4H2,2H3. The summed E-state index contributed by atoms with van der Waals surface area (Å²) in [6.07, 6.45) is 2.61. The average Bonchev–Trinajstić information content (AvgIpc) is 2.49. The Balaban J connectivity index is 2.04. The molecule has 20 heavy (non-hydrogen) atoms. The van der Waals surface area contributed by atoms with Gasteiger partial charge in [-0.05, 0) is 48.4 Å². The fourth-order valence-electron chi connectivity index (χ4n) is 1.75. The molecule has 2 rings (SSSR count). The minimum absolute atomic E-state index is 0.375. The number of rotatable bonds is 5. The highest BCUT2D eigenvalue weighted by molar-refractivity contribution is 5.91. The van der Waals surface area contributed by atoms with Gasteiger partial charge in [0.05, 0.1) is 12.7 Å². The van der Waals surface area contributed by atoms with E-state index in [9.17, 15) is 4.79 Å². The first kappa shape index (κ1) is 13.9. The predicted molar refractivity (Wildman–Crippen MR) is 78.3 cm³/mol. The second-order valence-electron chi connectivity index (χ2n) is 4.25. The molecule has 0 heterocycles. The molecule has 0 atom stereocenters. The molecule has 0 saturated heterocycles. The van der Waals surface area contributed by atoms with Crippen molar-refractivity contribution in [1.82, 2.24) is 0 Å². The zero-order chi connectivity index (χ0) is 14.4. The van der Waals surface area contributed by atoms with Crippen molar-refractivity contribution in [3.05, 3.63) is 72.3 Å². The number of esters is 1. The quantitative estimate of drug-likeness (QED) is 0.472. The van der Waals surface area contributed by atoms with Gasteiger partial charge in [0.2, 0.25) is 0 Å². The van der Waals surface area contributed by atoms with E-state index >= 15 is 0 Å². The molecule has 0 N–H and O–H groups in total. The first-order valence-corrected chi connectivity index (χ1v) is 6.29. The molecule has 3 heteroatoms. The van der Waals surface area contributed by atoms with E-state index in [4.69, 9.17) is 9.47 Å². The van der Waals surface area contributed by atoms with Crippen LogP contribution in [0.25, 0.3) is 0 Å². The molecule has 2 aromatic rings. The number of hydrogen-bond donors (Lipinski definition) is 0. The number of allylic oxidation sites excluding steroid dienone is 1. The summed E-state index contributed by atoms with van der Waals surface area (Å²) < 4.78 is 10.3. The molecule has 0 bridgehead atoms. The molecule has 0 radical (unpaired) electrons. The van der Waals surface area contributed by atoms with Crippen molar-refractivity contribution in [3.63, 3.8) is 0 Å². The lowest BCUT2D eigenvalue weighted by molar-refractivity contribution is 0.0734. The van der Waals surface area contributed by atoms with Gasteiger partial charge in [-0.2, -0.15) is 0 Å². The number of carbonyl (C=O) groups is 1. The second kappa shape index (κ2) is 6.57. The summed E-state index contributed by atoms with van der Waals surface area (Å²) in [5.41, 5.74) is 1.63. The van der Waals surface area contributed by atoms with Gasteiger partial charge in [-0.1, -0.05) is 18.2 Å². The summed E-state index contributed by atoms with van der Waals surface area (Å²) in [6.45, 7) is 3.68. The van der Waals surface area contributed by atoms with Crippen molar-refractivity contribution >= 4 is 5.97 Å². The first-order valence-electron chi connectivity index (χ1n) is 6.29. The molecule has 0 aromatic heterocycles. The summed E-state index contributed by atoms with van der Waals surface area (Å²) >= 11 is 0. The lowest BCUT2D eigenvalue weighted by Gasteiger charge is -2.06. The Morgan fingerprint density at radius 1 is 1.05 bits per heavy atom. The van der Waals surface area contributed by atoms with Crippen LogP contribution in [0.5, 0.6) is 11.5 Å². The minimum Gasteiger partial charge on any atom is -0.497 e. The van der Waals surface area contributed by atoms with Crippen LogP contribution in [-0.2, 0) is 6.42 Å². The topological polar surface area (TPSA) is 35.5 Å². The fraction of sp³-hybridized carbons (Fsp3) is 0.118. The highest BCUT2D eigenvalue weighted by atomic mass is 16.5. The summed E-state index contributed by atoms with van der Waals surface area (Å²) in [5.74, 6) is 0.838. The van der Waals surface area contributed by atoms with Gasteiger partial charge in [0.1, 0.15) is 11.5 Å². The number of benzene rings is 2. The van der Waals surface area contributed by atoms with E-state index in [0.29, 0.717) is 11.3 Å². The first-order chi connectivity index (χ1) is 9.72. The van der Waals surface area contributed by atoms with Gasteiger partial charge in [-0.15, -0.1) is 6.58 Å². The molecule has 0 fully saturated rings. The highest BCUT2D eigenvalue weighted by Crippen LogP contribution is 2.18. The van der Waals surface area contributed by atoms with Crippen LogP contribution in [0.3, 0.4) is 0 Å². The molecule has 0 spiro atoms. The summed E-state index contributed by atoms with van der Waals surface area (Å²) in [4.78, 5) is 12.0. The maximum absolute atomic E-state index is 12.0. The Hall–Kier alpha value is -2.55. The number of carbonyl (C=O) groups excluding carboxylic acids is 1. The maximum Gasteiger partial charge on any atom is 0.343 e. The van der Waals surface area contributed by atoms with Gasteiger partial charge < -0.3 is 9.47 Å².